The highest BCUT2D eigenvalue weighted by molar-refractivity contribution is 7.89. The van der Waals surface area contributed by atoms with E-state index in [1.54, 1.807) is 6.92 Å². The summed E-state index contributed by atoms with van der Waals surface area (Å²) in [5, 5.41) is 0. The van der Waals surface area contributed by atoms with Crippen LogP contribution in [0.15, 0.2) is 17.0 Å². The molecule has 1 aliphatic rings. The number of nitrogens with one attached hydrogen (secondary N) is 1. The molecule has 20 heavy (non-hydrogen) atoms. The molecule has 1 saturated carbocycles. The fourth-order valence-corrected chi connectivity index (χ4v) is 4.46. The largest absolute Gasteiger partial charge is 0.396 e. The first-order valence-electron chi connectivity index (χ1n) is 6.71. The lowest BCUT2D eigenvalue weighted by atomic mass is 9.88. The quantitative estimate of drug-likeness (QED) is 0.843. The Morgan fingerprint density at radius 2 is 2.05 bits per heavy atom. The summed E-state index contributed by atoms with van der Waals surface area (Å²) in [6, 6.07) is 2.25. The molecule has 0 aromatic heterocycles. The predicted octanol–water partition coefficient (Wildman–Crippen LogP) is 2.57. The zero-order chi connectivity index (χ0) is 15.1. The minimum absolute atomic E-state index is 0.0547. The average Bonchev–Trinajstić information content (AvgIpc) is 2.62. The van der Waals surface area contributed by atoms with Crippen LogP contribution in [-0.2, 0) is 10.0 Å². The third kappa shape index (κ3) is 2.81. The first-order valence-corrected chi connectivity index (χ1v) is 8.20. The number of nitrogens with two attached hydrogens (primary N) is 1. The second kappa shape index (κ2) is 5.00. The van der Waals surface area contributed by atoms with Gasteiger partial charge in [-0.1, -0.05) is 20.3 Å². The van der Waals surface area contributed by atoms with Gasteiger partial charge in [-0.3, -0.25) is 0 Å². The third-order valence-corrected chi connectivity index (χ3v) is 5.75. The summed E-state index contributed by atoms with van der Waals surface area (Å²) in [6.07, 6.45) is 2.82. The summed E-state index contributed by atoms with van der Waals surface area (Å²) in [6.45, 7) is 5.68. The Kier molecular flexibility index (Phi) is 3.81. The van der Waals surface area contributed by atoms with Gasteiger partial charge in [0.15, 0.2) is 0 Å². The van der Waals surface area contributed by atoms with Gasteiger partial charge < -0.3 is 5.73 Å². The van der Waals surface area contributed by atoms with Crippen LogP contribution >= 0.6 is 0 Å². The first kappa shape index (κ1) is 15.3. The van der Waals surface area contributed by atoms with Crippen LogP contribution < -0.4 is 10.5 Å². The van der Waals surface area contributed by atoms with E-state index in [9.17, 15) is 12.8 Å². The molecule has 0 bridgehead atoms. The maximum Gasteiger partial charge on any atom is 0.241 e. The topological polar surface area (TPSA) is 72.2 Å². The van der Waals surface area contributed by atoms with E-state index in [0.29, 0.717) is 5.56 Å². The Labute approximate surface area is 119 Å². The average molecular weight is 300 g/mol. The maximum atomic E-state index is 13.3. The van der Waals surface area contributed by atoms with Crippen LogP contribution in [0.3, 0.4) is 0 Å². The number of hydrogen-bond donors (Lipinski definition) is 2. The molecule has 0 amide bonds. The molecule has 0 aliphatic heterocycles. The van der Waals surface area contributed by atoms with Gasteiger partial charge in [-0.05, 0) is 42.9 Å². The second-order valence-electron chi connectivity index (χ2n) is 6.19. The molecule has 112 valence electrons. The SMILES string of the molecule is Cc1cc(F)c(N)cc1S(=O)(=O)NC1CCCC1(C)C. The van der Waals surface area contributed by atoms with E-state index < -0.39 is 15.8 Å². The molecule has 1 aromatic carbocycles. The minimum Gasteiger partial charge on any atom is -0.396 e. The Morgan fingerprint density at radius 3 is 2.60 bits per heavy atom. The Balaban J connectivity index is 2.34. The molecular formula is C14H21FN2O2S. The van der Waals surface area contributed by atoms with Crippen molar-refractivity contribution < 1.29 is 12.8 Å². The molecule has 3 N–H and O–H groups in total. The fraction of sp³-hybridized carbons (Fsp3) is 0.571. The van der Waals surface area contributed by atoms with Crippen LogP contribution in [-0.4, -0.2) is 14.5 Å². The third-order valence-electron chi connectivity index (χ3n) is 4.14. The number of rotatable bonds is 3. The zero-order valence-electron chi connectivity index (χ0n) is 12.0. The fourth-order valence-electron chi connectivity index (χ4n) is 2.75. The van der Waals surface area contributed by atoms with Crippen molar-refractivity contribution in [1.82, 2.24) is 4.72 Å². The molecule has 1 unspecified atom stereocenters. The van der Waals surface area contributed by atoms with E-state index in [1.807, 2.05) is 0 Å². The molecule has 1 fully saturated rings. The van der Waals surface area contributed by atoms with E-state index in [4.69, 9.17) is 5.73 Å². The van der Waals surface area contributed by atoms with Crippen molar-refractivity contribution in [1.29, 1.82) is 0 Å². The molecule has 0 saturated heterocycles. The summed E-state index contributed by atoms with van der Waals surface area (Å²) < 4.78 is 41.0. The highest BCUT2D eigenvalue weighted by Crippen LogP contribution is 2.38. The van der Waals surface area contributed by atoms with Crippen LogP contribution in [0, 0.1) is 18.2 Å². The normalized spacial score (nSPS) is 22.1. The van der Waals surface area contributed by atoms with Gasteiger partial charge in [0.25, 0.3) is 0 Å². The lowest BCUT2D eigenvalue weighted by Gasteiger charge is -2.27. The summed E-state index contributed by atoms with van der Waals surface area (Å²) >= 11 is 0. The maximum absolute atomic E-state index is 13.3. The molecule has 1 atom stereocenters. The Hall–Kier alpha value is -1.14. The monoisotopic (exact) mass is 300 g/mol. The summed E-state index contributed by atoms with van der Waals surface area (Å²) in [7, 11) is -3.68. The van der Waals surface area contributed by atoms with Gasteiger partial charge >= 0.3 is 0 Å². The zero-order valence-corrected chi connectivity index (χ0v) is 12.8. The number of halogens is 1. The predicted molar refractivity (Wildman–Crippen MR) is 77.3 cm³/mol. The molecule has 0 spiro atoms. The smallest absolute Gasteiger partial charge is 0.241 e. The molecule has 6 heteroatoms. The van der Waals surface area contributed by atoms with Crippen LogP contribution in [0.5, 0.6) is 0 Å². The van der Waals surface area contributed by atoms with Crippen LogP contribution in [0.4, 0.5) is 10.1 Å². The Bertz CT molecular complexity index is 626. The van der Waals surface area contributed by atoms with Crippen molar-refractivity contribution in [2.45, 2.75) is 51.0 Å². The number of hydrogen-bond acceptors (Lipinski definition) is 3. The molecule has 2 rings (SSSR count). The van der Waals surface area contributed by atoms with Gasteiger partial charge in [0, 0.05) is 6.04 Å². The van der Waals surface area contributed by atoms with Crippen molar-refractivity contribution in [3.05, 3.63) is 23.5 Å². The highest BCUT2D eigenvalue weighted by atomic mass is 32.2. The molecular weight excluding hydrogens is 279 g/mol. The van der Waals surface area contributed by atoms with Crippen molar-refractivity contribution in [3.8, 4) is 0 Å². The van der Waals surface area contributed by atoms with Crippen molar-refractivity contribution >= 4 is 15.7 Å². The van der Waals surface area contributed by atoms with E-state index in [0.717, 1.165) is 25.3 Å². The van der Waals surface area contributed by atoms with Crippen molar-refractivity contribution in [2.24, 2.45) is 5.41 Å². The van der Waals surface area contributed by atoms with E-state index in [-0.39, 0.29) is 22.0 Å². The Morgan fingerprint density at radius 1 is 1.40 bits per heavy atom. The molecule has 0 heterocycles. The minimum atomic E-state index is -3.68. The van der Waals surface area contributed by atoms with Gasteiger partial charge in [0.1, 0.15) is 5.82 Å². The first-order chi connectivity index (χ1) is 9.13. The van der Waals surface area contributed by atoms with Gasteiger partial charge in [0.05, 0.1) is 10.6 Å². The van der Waals surface area contributed by atoms with Gasteiger partial charge in [-0.2, -0.15) is 0 Å². The van der Waals surface area contributed by atoms with Crippen LogP contribution in [0.25, 0.3) is 0 Å². The second-order valence-corrected chi connectivity index (χ2v) is 7.88. The van der Waals surface area contributed by atoms with Gasteiger partial charge in [-0.15, -0.1) is 0 Å². The number of nitrogen functional groups attached to an aromatic ring is 1. The number of sulfonamides is 1. The molecule has 1 aliphatic carbocycles. The molecule has 4 nitrogen and oxygen atoms in total. The van der Waals surface area contributed by atoms with Gasteiger partial charge in [0.2, 0.25) is 10.0 Å². The highest BCUT2D eigenvalue weighted by Gasteiger charge is 2.37. The number of aryl methyl sites for hydroxylation is 1. The number of anilines is 1. The summed E-state index contributed by atoms with van der Waals surface area (Å²) in [5.41, 5.74) is 5.63. The number of benzene rings is 1. The van der Waals surface area contributed by atoms with E-state index in [1.165, 1.54) is 6.07 Å². The van der Waals surface area contributed by atoms with Crippen molar-refractivity contribution in [2.75, 3.05) is 5.73 Å². The van der Waals surface area contributed by atoms with Gasteiger partial charge in [-0.25, -0.2) is 17.5 Å². The van der Waals surface area contributed by atoms with E-state index in [2.05, 4.69) is 18.6 Å². The summed E-state index contributed by atoms with van der Waals surface area (Å²) in [4.78, 5) is 0.0547. The lowest BCUT2D eigenvalue weighted by Crippen LogP contribution is -2.41. The van der Waals surface area contributed by atoms with E-state index >= 15 is 0 Å². The standard InChI is InChI=1S/C14H21FN2O2S/c1-9-7-10(15)11(16)8-12(9)20(18,19)17-13-5-4-6-14(13,2)3/h7-8,13,17H,4-6,16H2,1-3H3. The van der Waals surface area contributed by atoms with Crippen LogP contribution in [0.2, 0.25) is 0 Å². The molecule has 1 aromatic rings. The summed E-state index contributed by atoms with van der Waals surface area (Å²) in [5.74, 6) is -0.595. The lowest BCUT2D eigenvalue weighted by molar-refractivity contribution is 0.313. The van der Waals surface area contributed by atoms with Crippen molar-refractivity contribution in [3.63, 3.8) is 0 Å². The van der Waals surface area contributed by atoms with Crippen LogP contribution in [0.1, 0.15) is 38.7 Å². The molecule has 0 radical (unpaired) electrons.